The van der Waals surface area contributed by atoms with Crippen molar-refractivity contribution in [3.8, 4) is 0 Å². The Balaban J connectivity index is 2.03. The normalized spacial score (nSPS) is 26.0. The first kappa shape index (κ1) is 10.0. The number of rotatable bonds is 5. The second kappa shape index (κ2) is 5.55. The van der Waals surface area contributed by atoms with Crippen LogP contribution < -0.4 is 5.32 Å². The Kier molecular flexibility index (Phi) is 4.62. The molecule has 1 fully saturated rings. The molecule has 0 aromatic heterocycles. The lowest BCUT2D eigenvalue weighted by atomic mass is 9.95. The largest absolute Gasteiger partial charge is 0.381 e. The summed E-state index contributed by atoms with van der Waals surface area (Å²) < 4.78 is 5.34. The molecule has 1 aliphatic heterocycles. The summed E-state index contributed by atoms with van der Waals surface area (Å²) in [5, 5.41) is 3.38. The van der Waals surface area contributed by atoms with Gasteiger partial charge in [-0.25, -0.2) is 0 Å². The van der Waals surface area contributed by atoms with E-state index in [1.165, 1.54) is 12.8 Å². The average Bonchev–Trinajstić information content (AvgIpc) is 2.53. The Bertz CT molecular complexity index is 110. The highest BCUT2D eigenvalue weighted by Crippen LogP contribution is 2.20. The van der Waals surface area contributed by atoms with E-state index >= 15 is 0 Å². The van der Waals surface area contributed by atoms with E-state index in [1.54, 1.807) is 0 Å². The van der Waals surface area contributed by atoms with Gasteiger partial charge in [-0.1, -0.05) is 13.8 Å². The molecule has 1 aliphatic rings. The molecule has 0 amide bonds. The Morgan fingerprint density at radius 1 is 1.58 bits per heavy atom. The van der Waals surface area contributed by atoms with Gasteiger partial charge in [0.1, 0.15) is 0 Å². The monoisotopic (exact) mass is 171 g/mol. The van der Waals surface area contributed by atoms with Gasteiger partial charge in [0.05, 0.1) is 0 Å². The van der Waals surface area contributed by atoms with Crippen LogP contribution in [0.25, 0.3) is 0 Å². The van der Waals surface area contributed by atoms with E-state index < -0.39 is 0 Å². The highest BCUT2D eigenvalue weighted by Gasteiger charge is 2.17. The fourth-order valence-corrected chi connectivity index (χ4v) is 1.81. The van der Waals surface area contributed by atoms with Crippen LogP contribution in [0.1, 0.15) is 26.7 Å². The molecular formula is C10H21NO. The number of ether oxygens (including phenoxy) is 1. The summed E-state index contributed by atoms with van der Waals surface area (Å²) in [4.78, 5) is 0. The van der Waals surface area contributed by atoms with Crippen LogP contribution in [-0.2, 0) is 4.74 Å². The van der Waals surface area contributed by atoms with Crippen molar-refractivity contribution in [3.63, 3.8) is 0 Å². The summed E-state index contributed by atoms with van der Waals surface area (Å²) in [6, 6.07) is 0. The Morgan fingerprint density at radius 2 is 2.42 bits per heavy atom. The van der Waals surface area contributed by atoms with Crippen LogP contribution in [0.5, 0.6) is 0 Å². The second-order valence-electron chi connectivity index (χ2n) is 3.88. The minimum atomic E-state index is 0.802. The molecule has 0 spiro atoms. The van der Waals surface area contributed by atoms with E-state index in [0.717, 1.165) is 38.1 Å². The van der Waals surface area contributed by atoms with Crippen molar-refractivity contribution < 1.29 is 4.74 Å². The Labute approximate surface area is 75.7 Å². The van der Waals surface area contributed by atoms with Gasteiger partial charge in [0.15, 0.2) is 0 Å². The summed E-state index contributed by atoms with van der Waals surface area (Å²) in [6.45, 7) is 8.71. The van der Waals surface area contributed by atoms with Gasteiger partial charge in [-0.15, -0.1) is 0 Å². The van der Waals surface area contributed by atoms with Crippen molar-refractivity contribution in [3.05, 3.63) is 0 Å². The first-order valence-corrected chi connectivity index (χ1v) is 5.11. The standard InChI is InChI=1S/C10H21NO/c1-3-11-7-9(2)6-10-4-5-12-8-10/h9-11H,3-8H2,1-2H3. The maximum Gasteiger partial charge on any atom is 0.0495 e. The van der Waals surface area contributed by atoms with Crippen LogP contribution in [0.3, 0.4) is 0 Å². The molecule has 0 aromatic carbocycles. The molecule has 72 valence electrons. The van der Waals surface area contributed by atoms with Gasteiger partial charge < -0.3 is 10.1 Å². The van der Waals surface area contributed by atoms with Crippen LogP contribution in [0, 0.1) is 11.8 Å². The molecule has 2 heteroatoms. The van der Waals surface area contributed by atoms with Crippen LogP contribution in [0.2, 0.25) is 0 Å². The SMILES string of the molecule is CCNCC(C)CC1CCOC1. The summed E-state index contributed by atoms with van der Waals surface area (Å²) in [5.74, 6) is 1.63. The first-order valence-electron chi connectivity index (χ1n) is 5.11. The first-order chi connectivity index (χ1) is 5.83. The highest BCUT2D eigenvalue weighted by molar-refractivity contribution is 4.68. The van der Waals surface area contributed by atoms with Crippen LogP contribution in [0.4, 0.5) is 0 Å². The third kappa shape index (κ3) is 3.55. The molecule has 1 heterocycles. The predicted octanol–water partition coefficient (Wildman–Crippen LogP) is 1.66. The molecule has 0 saturated carbocycles. The van der Waals surface area contributed by atoms with E-state index in [2.05, 4.69) is 19.2 Å². The van der Waals surface area contributed by atoms with E-state index in [4.69, 9.17) is 4.74 Å². The minimum Gasteiger partial charge on any atom is -0.381 e. The van der Waals surface area contributed by atoms with Crippen molar-refractivity contribution in [1.82, 2.24) is 5.32 Å². The molecule has 0 bridgehead atoms. The fourth-order valence-electron chi connectivity index (χ4n) is 1.81. The van der Waals surface area contributed by atoms with E-state index in [0.29, 0.717) is 0 Å². The van der Waals surface area contributed by atoms with Gasteiger partial charge in [0.25, 0.3) is 0 Å². The van der Waals surface area contributed by atoms with Gasteiger partial charge in [-0.3, -0.25) is 0 Å². The lowest BCUT2D eigenvalue weighted by Gasteiger charge is -2.15. The van der Waals surface area contributed by atoms with Crippen molar-refractivity contribution in [2.75, 3.05) is 26.3 Å². The van der Waals surface area contributed by atoms with Crippen molar-refractivity contribution in [2.45, 2.75) is 26.7 Å². The molecule has 2 atom stereocenters. The Hall–Kier alpha value is -0.0800. The molecule has 0 aliphatic carbocycles. The predicted molar refractivity (Wildman–Crippen MR) is 51.3 cm³/mol. The molecule has 2 nitrogen and oxygen atoms in total. The summed E-state index contributed by atoms with van der Waals surface area (Å²) in [5.41, 5.74) is 0. The van der Waals surface area contributed by atoms with Crippen LogP contribution in [-0.4, -0.2) is 26.3 Å². The molecule has 1 rings (SSSR count). The number of hydrogen-bond acceptors (Lipinski definition) is 2. The van der Waals surface area contributed by atoms with Gasteiger partial charge >= 0.3 is 0 Å². The van der Waals surface area contributed by atoms with Gasteiger partial charge in [-0.05, 0) is 37.8 Å². The quantitative estimate of drug-likeness (QED) is 0.679. The minimum absolute atomic E-state index is 0.802. The second-order valence-corrected chi connectivity index (χ2v) is 3.88. The smallest absolute Gasteiger partial charge is 0.0495 e. The zero-order valence-corrected chi connectivity index (χ0v) is 8.31. The Morgan fingerprint density at radius 3 is 3.00 bits per heavy atom. The van der Waals surface area contributed by atoms with Crippen molar-refractivity contribution >= 4 is 0 Å². The fraction of sp³-hybridized carbons (Fsp3) is 1.00. The summed E-state index contributed by atoms with van der Waals surface area (Å²) in [7, 11) is 0. The summed E-state index contributed by atoms with van der Waals surface area (Å²) in [6.07, 6.45) is 2.60. The van der Waals surface area contributed by atoms with Crippen molar-refractivity contribution in [1.29, 1.82) is 0 Å². The average molecular weight is 171 g/mol. The van der Waals surface area contributed by atoms with Gasteiger partial charge in [0.2, 0.25) is 0 Å². The maximum absolute atomic E-state index is 5.34. The molecule has 0 radical (unpaired) electrons. The van der Waals surface area contributed by atoms with Crippen molar-refractivity contribution in [2.24, 2.45) is 11.8 Å². The third-order valence-electron chi connectivity index (χ3n) is 2.50. The zero-order chi connectivity index (χ0) is 8.81. The molecule has 1 saturated heterocycles. The van der Waals surface area contributed by atoms with Crippen LogP contribution >= 0.6 is 0 Å². The lowest BCUT2D eigenvalue weighted by molar-refractivity contribution is 0.180. The zero-order valence-electron chi connectivity index (χ0n) is 8.31. The van der Waals surface area contributed by atoms with E-state index in [-0.39, 0.29) is 0 Å². The molecule has 1 N–H and O–H groups in total. The topological polar surface area (TPSA) is 21.3 Å². The van der Waals surface area contributed by atoms with E-state index in [9.17, 15) is 0 Å². The molecule has 12 heavy (non-hydrogen) atoms. The number of hydrogen-bond donors (Lipinski definition) is 1. The van der Waals surface area contributed by atoms with Gasteiger partial charge in [-0.2, -0.15) is 0 Å². The van der Waals surface area contributed by atoms with Gasteiger partial charge in [0, 0.05) is 13.2 Å². The van der Waals surface area contributed by atoms with Crippen LogP contribution in [0.15, 0.2) is 0 Å². The highest BCUT2D eigenvalue weighted by atomic mass is 16.5. The molecule has 0 aromatic rings. The maximum atomic E-state index is 5.34. The van der Waals surface area contributed by atoms with E-state index in [1.807, 2.05) is 0 Å². The number of nitrogens with one attached hydrogen (secondary N) is 1. The third-order valence-corrected chi connectivity index (χ3v) is 2.50. The molecular weight excluding hydrogens is 150 g/mol. The summed E-state index contributed by atoms with van der Waals surface area (Å²) >= 11 is 0. The molecule has 2 unspecified atom stereocenters. The lowest BCUT2D eigenvalue weighted by Crippen LogP contribution is -2.22.